The van der Waals surface area contributed by atoms with Crippen LogP contribution in [0.25, 0.3) is 0 Å². The van der Waals surface area contributed by atoms with Gasteiger partial charge in [-0.3, -0.25) is 9.89 Å². The predicted octanol–water partition coefficient (Wildman–Crippen LogP) is 2.72. The Kier molecular flexibility index (Phi) is 8.12. The van der Waals surface area contributed by atoms with Crippen LogP contribution in [-0.2, 0) is 6.54 Å². The van der Waals surface area contributed by atoms with Gasteiger partial charge < -0.3 is 19.6 Å². The molecule has 0 saturated heterocycles. The van der Waals surface area contributed by atoms with E-state index in [1.165, 1.54) is 0 Å². The van der Waals surface area contributed by atoms with Gasteiger partial charge in [-0.2, -0.15) is 0 Å². The molecule has 1 unspecified atom stereocenters. The van der Waals surface area contributed by atoms with Crippen molar-refractivity contribution in [2.24, 2.45) is 4.99 Å². The van der Waals surface area contributed by atoms with Crippen LogP contribution < -0.4 is 10.6 Å². The predicted molar refractivity (Wildman–Crippen MR) is 103 cm³/mol. The fraction of sp³-hybridized carbons (Fsp3) is 0.526. The Morgan fingerprint density at radius 3 is 2.52 bits per heavy atom. The zero-order valence-corrected chi connectivity index (χ0v) is 15.6. The van der Waals surface area contributed by atoms with Crippen molar-refractivity contribution in [3.05, 3.63) is 48.7 Å². The van der Waals surface area contributed by atoms with Gasteiger partial charge in [0.25, 0.3) is 0 Å². The highest BCUT2D eigenvalue weighted by Gasteiger charge is 2.20. The molecule has 0 aliphatic carbocycles. The van der Waals surface area contributed by atoms with Crippen molar-refractivity contribution < 1.29 is 4.42 Å². The molecule has 25 heavy (non-hydrogen) atoms. The molecule has 6 nitrogen and oxygen atoms in total. The normalized spacial score (nSPS) is 13.2. The number of rotatable bonds is 10. The highest BCUT2D eigenvalue weighted by molar-refractivity contribution is 5.79. The summed E-state index contributed by atoms with van der Waals surface area (Å²) in [5.41, 5.74) is 0. The van der Waals surface area contributed by atoms with Gasteiger partial charge in [-0.15, -0.1) is 0 Å². The summed E-state index contributed by atoms with van der Waals surface area (Å²) in [5, 5.41) is 6.72. The average molecular weight is 345 g/mol. The van der Waals surface area contributed by atoms with Gasteiger partial charge in [0, 0.05) is 32.0 Å². The molecule has 2 N–H and O–H groups in total. The molecule has 2 aromatic rings. The lowest BCUT2D eigenvalue weighted by Gasteiger charge is -2.27. The van der Waals surface area contributed by atoms with Crippen molar-refractivity contribution in [2.75, 3.05) is 32.7 Å². The Labute approximate surface area is 150 Å². The van der Waals surface area contributed by atoms with Crippen LogP contribution in [0.15, 0.2) is 52.3 Å². The molecule has 2 heterocycles. The maximum Gasteiger partial charge on any atom is 0.191 e. The maximum absolute atomic E-state index is 5.65. The van der Waals surface area contributed by atoms with E-state index in [2.05, 4.69) is 53.3 Å². The van der Waals surface area contributed by atoms with Gasteiger partial charge in [0.2, 0.25) is 0 Å². The third-order valence-electron chi connectivity index (χ3n) is 4.22. The van der Waals surface area contributed by atoms with Gasteiger partial charge in [0.15, 0.2) is 5.96 Å². The third kappa shape index (κ3) is 5.98. The Bertz CT molecular complexity index is 587. The molecule has 0 aliphatic rings. The van der Waals surface area contributed by atoms with E-state index in [9.17, 15) is 0 Å². The van der Waals surface area contributed by atoms with E-state index in [4.69, 9.17) is 9.41 Å². The molecule has 0 radical (unpaired) electrons. The molecule has 0 spiro atoms. The van der Waals surface area contributed by atoms with Crippen LogP contribution in [0, 0.1) is 0 Å². The van der Waals surface area contributed by atoms with Crippen LogP contribution >= 0.6 is 0 Å². The number of hydrogen-bond donors (Lipinski definition) is 2. The molecular formula is C19H31N5O. The second-order valence-corrected chi connectivity index (χ2v) is 5.82. The minimum atomic E-state index is 0.157. The number of aromatic nitrogens is 1. The molecule has 0 aromatic carbocycles. The van der Waals surface area contributed by atoms with Crippen LogP contribution in [0.5, 0.6) is 0 Å². The Morgan fingerprint density at radius 2 is 1.92 bits per heavy atom. The van der Waals surface area contributed by atoms with E-state index >= 15 is 0 Å². The van der Waals surface area contributed by atoms with Crippen LogP contribution in [0.1, 0.15) is 32.6 Å². The molecule has 2 rings (SSSR count). The van der Waals surface area contributed by atoms with E-state index in [1.807, 2.05) is 24.3 Å². The van der Waals surface area contributed by atoms with E-state index in [0.717, 1.165) is 44.4 Å². The van der Waals surface area contributed by atoms with Crippen LogP contribution in [-0.4, -0.2) is 48.2 Å². The van der Waals surface area contributed by atoms with Gasteiger partial charge >= 0.3 is 0 Å². The molecule has 1 atom stereocenters. The van der Waals surface area contributed by atoms with E-state index < -0.39 is 0 Å². The van der Waals surface area contributed by atoms with Crippen LogP contribution in [0.3, 0.4) is 0 Å². The maximum atomic E-state index is 5.65. The second-order valence-electron chi connectivity index (χ2n) is 5.82. The van der Waals surface area contributed by atoms with Crippen molar-refractivity contribution in [1.29, 1.82) is 0 Å². The van der Waals surface area contributed by atoms with Gasteiger partial charge in [0.05, 0.1) is 18.8 Å². The summed E-state index contributed by atoms with van der Waals surface area (Å²) in [7, 11) is 0. The third-order valence-corrected chi connectivity index (χ3v) is 4.22. The number of aliphatic imine (C=N–C) groups is 1. The van der Waals surface area contributed by atoms with Crippen molar-refractivity contribution in [2.45, 2.75) is 33.4 Å². The SMILES string of the molecule is CCNC(=NCC(c1ccco1)N(CC)CC)NCCn1cccc1. The van der Waals surface area contributed by atoms with Crippen molar-refractivity contribution >= 4 is 5.96 Å². The zero-order chi connectivity index (χ0) is 17.9. The summed E-state index contributed by atoms with van der Waals surface area (Å²) in [4.78, 5) is 7.16. The first-order valence-corrected chi connectivity index (χ1v) is 9.18. The minimum Gasteiger partial charge on any atom is -0.468 e. The van der Waals surface area contributed by atoms with Crippen LogP contribution in [0.2, 0.25) is 0 Å². The first-order valence-electron chi connectivity index (χ1n) is 9.18. The molecule has 138 valence electrons. The lowest BCUT2D eigenvalue weighted by molar-refractivity contribution is 0.198. The van der Waals surface area contributed by atoms with E-state index in [-0.39, 0.29) is 6.04 Å². The standard InChI is InChI=1S/C19H31N5O/c1-4-20-19(21-11-14-23-12-7-8-13-23)22-16-17(24(5-2)6-3)18-10-9-15-25-18/h7-10,12-13,15,17H,4-6,11,14,16H2,1-3H3,(H2,20,21,22). The summed E-state index contributed by atoms with van der Waals surface area (Å²) in [6.07, 6.45) is 5.87. The number of nitrogens with zero attached hydrogens (tertiary/aromatic N) is 3. The topological polar surface area (TPSA) is 57.7 Å². The highest BCUT2D eigenvalue weighted by atomic mass is 16.3. The first-order chi connectivity index (χ1) is 12.3. The fourth-order valence-electron chi connectivity index (χ4n) is 2.87. The molecular weight excluding hydrogens is 314 g/mol. The van der Waals surface area contributed by atoms with E-state index in [1.54, 1.807) is 6.26 Å². The smallest absolute Gasteiger partial charge is 0.191 e. The second kappa shape index (κ2) is 10.6. The van der Waals surface area contributed by atoms with Gasteiger partial charge in [0.1, 0.15) is 5.76 Å². The Morgan fingerprint density at radius 1 is 1.16 bits per heavy atom. The number of nitrogens with one attached hydrogen (secondary N) is 2. The van der Waals surface area contributed by atoms with Gasteiger partial charge in [-0.1, -0.05) is 13.8 Å². The van der Waals surface area contributed by atoms with Crippen molar-refractivity contribution in [1.82, 2.24) is 20.1 Å². The van der Waals surface area contributed by atoms with Crippen molar-refractivity contribution in [3.8, 4) is 0 Å². The molecule has 0 fully saturated rings. The highest BCUT2D eigenvalue weighted by Crippen LogP contribution is 2.21. The Hall–Kier alpha value is -2.21. The molecule has 0 bridgehead atoms. The average Bonchev–Trinajstić information content (AvgIpc) is 3.32. The fourth-order valence-corrected chi connectivity index (χ4v) is 2.87. The summed E-state index contributed by atoms with van der Waals surface area (Å²) in [6.45, 7) is 11.6. The number of hydrogen-bond acceptors (Lipinski definition) is 3. The number of furan rings is 1. The summed E-state index contributed by atoms with van der Waals surface area (Å²) in [6, 6.07) is 8.21. The molecule has 0 saturated carbocycles. The van der Waals surface area contributed by atoms with Crippen LogP contribution in [0.4, 0.5) is 0 Å². The molecule has 2 aromatic heterocycles. The van der Waals surface area contributed by atoms with Gasteiger partial charge in [-0.05, 0) is 44.3 Å². The monoisotopic (exact) mass is 345 g/mol. The molecule has 0 aliphatic heterocycles. The lowest BCUT2D eigenvalue weighted by atomic mass is 10.2. The molecule has 0 amide bonds. The zero-order valence-electron chi connectivity index (χ0n) is 15.6. The first kappa shape index (κ1) is 19.1. The molecule has 6 heteroatoms. The summed E-state index contributed by atoms with van der Waals surface area (Å²) in [5.74, 6) is 1.81. The Balaban J connectivity index is 1.98. The van der Waals surface area contributed by atoms with Gasteiger partial charge in [-0.25, -0.2) is 0 Å². The number of guanidine groups is 1. The van der Waals surface area contributed by atoms with Crippen molar-refractivity contribution in [3.63, 3.8) is 0 Å². The number of likely N-dealkylation sites (N-methyl/N-ethyl adjacent to an activating group) is 1. The largest absolute Gasteiger partial charge is 0.468 e. The minimum absolute atomic E-state index is 0.157. The van der Waals surface area contributed by atoms with E-state index in [0.29, 0.717) is 6.54 Å². The summed E-state index contributed by atoms with van der Waals surface area (Å²) >= 11 is 0. The summed E-state index contributed by atoms with van der Waals surface area (Å²) < 4.78 is 7.80. The quantitative estimate of drug-likeness (QED) is 0.513. The lowest BCUT2D eigenvalue weighted by Crippen LogP contribution is -2.40.